The van der Waals surface area contributed by atoms with Gasteiger partial charge in [0.1, 0.15) is 0 Å². The van der Waals surface area contributed by atoms with Crippen molar-refractivity contribution in [3.63, 3.8) is 0 Å². The number of hydrogen-bond acceptors (Lipinski definition) is 3. The Hall–Kier alpha value is -1.16. The first-order valence-corrected chi connectivity index (χ1v) is 4.89. The number of amides is 2. The summed E-state index contributed by atoms with van der Waals surface area (Å²) in [7, 11) is 0. The molecule has 1 unspecified atom stereocenters. The van der Waals surface area contributed by atoms with Crippen LogP contribution in [0.2, 0.25) is 0 Å². The summed E-state index contributed by atoms with van der Waals surface area (Å²) >= 11 is 0. The monoisotopic (exact) mass is 196 g/mol. The first-order valence-electron chi connectivity index (χ1n) is 4.89. The highest BCUT2D eigenvalue weighted by molar-refractivity contribution is 6.05. The van der Waals surface area contributed by atoms with Gasteiger partial charge in [0.15, 0.2) is 0 Å². The molecule has 1 heterocycles. The predicted molar refractivity (Wildman–Crippen MR) is 53.6 cm³/mol. The third-order valence-corrected chi connectivity index (χ3v) is 2.30. The first kappa shape index (κ1) is 10.9. The average Bonchev–Trinajstić information content (AvgIpc) is 2.42. The Morgan fingerprint density at radius 3 is 2.86 bits per heavy atom. The van der Waals surface area contributed by atoms with E-state index in [9.17, 15) is 9.59 Å². The molecule has 0 aliphatic carbocycles. The molecule has 1 aliphatic rings. The van der Waals surface area contributed by atoms with Gasteiger partial charge in [-0.3, -0.25) is 14.5 Å². The Labute approximate surface area is 84.0 Å². The van der Waals surface area contributed by atoms with Gasteiger partial charge in [-0.05, 0) is 19.9 Å². The number of likely N-dealkylation sites (N-methyl/N-ethyl adjacent to an activating group) is 1. The molecule has 1 aliphatic heterocycles. The van der Waals surface area contributed by atoms with Crippen LogP contribution in [-0.2, 0) is 9.59 Å². The van der Waals surface area contributed by atoms with Crippen molar-refractivity contribution >= 4 is 11.8 Å². The predicted octanol–water partition coefficient (Wildman–Crippen LogP) is 0.300. The fourth-order valence-corrected chi connectivity index (χ4v) is 1.53. The number of nitrogens with one attached hydrogen (secondary N) is 1. The number of rotatable bonds is 5. The number of nitrogens with zero attached hydrogens (tertiary/aromatic N) is 1. The Kier molecular flexibility index (Phi) is 3.83. The molecule has 1 saturated heterocycles. The number of hydrogen-bond donors (Lipinski definition) is 1. The molecule has 0 radical (unpaired) electrons. The highest BCUT2D eigenvalue weighted by Crippen LogP contribution is 2.12. The van der Waals surface area contributed by atoms with E-state index in [2.05, 4.69) is 11.9 Å². The van der Waals surface area contributed by atoms with Crippen LogP contribution in [0.5, 0.6) is 0 Å². The number of imide groups is 1. The molecule has 2 amide bonds. The van der Waals surface area contributed by atoms with E-state index in [-0.39, 0.29) is 17.9 Å². The molecule has 4 heteroatoms. The summed E-state index contributed by atoms with van der Waals surface area (Å²) in [5.41, 5.74) is 0. The molecule has 78 valence electrons. The highest BCUT2D eigenvalue weighted by atomic mass is 16.2. The van der Waals surface area contributed by atoms with Crippen molar-refractivity contribution < 1.29 is 9.59 Å². The van der Waals surface area contributed by atoms with Crippen molar-refractivity contribution in [3.8, 4) is 0 Å². The molecule has 4 nitrogen and oxygen atoms in total. The fourth-order valence-electron chi connectivity index (χ4n) is 1.53. The summed E-state index contributed by atoms with van der Waals surface area (Å²) in [6, 6.07) is -0.317. The number of carbonyl (C=O) groups excluding carboxylic acids is 2. The molecule has 0 aromatic heterocycles. The normalized spacial score (nSPS) is 21.8. The van der Waals surface area contributed by atoms with E-state index in [1.807, 2.05) is 6.92 Å². The van der Waals surface area contributed by atoms with Crippen molar-refractivity contribution in [1.82, 2.24) is 10.2 Å². The van der Waals surface area contributed by atoms with Gasteiger partial charge < -0.3 is 5.32 Å². The van der Waals surface area contributed by atoms with Gasteiger partial charge >= 0.3 is 0 Å². The van der Waals surface area contributed by atoms with Crippen LogP contribution in [0.25, 0.3) is 0 Å². The van der Waals surface area contributed by atoms with E-state index in [4.69, 9.17) is 0 Å². The van der Waals surface area contributed by atoms with Crippen LogP contribution >= 0.6 is 0 Å². The maximum Gasteiger partial charge on any atom is 0.246 e. The smallest absolute Gasteiger partial charge is 0.246 e. The SMILES string of the molecule is C=CCCNC1CC(=O)N(CC)C1=O. The lowest BCUT2D eigenvalue weighted by Gasteiger charge is -2.12. The zero-order valence-electron chi connectivity index (χ0n) is 8.45. The Morgan fingerprint density at radius 2 is 2.36 bits per heavy atom. The maximum absolute atomic E-state index is 11.6. The number of likely N-dealkylation sites (tertiary alicyclic amines) is 1. The summed E-state index contributed by atoms with van der Waals surface area (Å²) in [5.74, 6) is -0.171. The van der Waals surface area contributed by atoms with Crippen molar-refractivity contribution in [2.24, 2.45) is 0 Å². The lowest BCUT2D eigenvalue weighted by molar-refractivity contribution is -0.138. The van der Waals surface area contributed by atoms with E-state index in [0.717, 1.165) is 6.42 Å². The Morgan fingerprint density at radius 1 is 1.64 bits per heavy atom. The molecule has 1 fully saturated rings. The molecular formula is C10H16N2O2. The molecule has 0 bridgehead atoms. The van der Waals surface area contributed by atoms with Gasteiger partial charge in [-0.25, -0.2) is 0 Å². The lowest BCUT2D eigenvalue weighted by Crippen LogP contribution is -2.38. The standard InChI is InChI=1S/C10H16N2O2/c1-3-5-6-11-8-7-9(13)12(4-2)10(8)14/h3,8,11H,1,4-7H2,2H3. The minimum absolute atomic E-state index is 0.0754. The van der Waals surface area contributed by atoms with Crippen LogP contribution in [0.4, 0.5) is 0 Å². The van der Waals surface area contributed by atoms with Crippen LogP contribution in [-0.4, -0.2) is 35.8 Å². The summed E-state index contributed by atoms with van der Waals surface area (Å²) in [6.45, 7) is 6.56. The average molecular weight is 196 g/mol. The van der Waals surface area contributed by atoms with Crippen LogP contribution in [0.15, 0.2) is 12.7 Å². The third kappa shape index (κ3) is 2.20. The molecule has 1 atom stereocenters. The Balaban J connectivity index is 2.45. The van der Waals surface area contributed by atoms with Crippen LogP contribution in [0.3, 0.4) is 0 Å². The molecule has 1 rings (SSSR count). The second-order valence-corrected chi connectivity index (χ2v) is 3.26. The van der Waals surface area contributed by atoms with Crippen LogP contribution < -0.4 is 5.32 Å². The van der Waals surface area contributed by atoms with E-state index in [1.54, 1.807) is 6.08 Å². The van der Waals surface area contributed by atoms with Crippen molar-refractivity contribution in [1.29, 1.82) is 0 Å². The summed E-state index contributed by atoms with van der Waals surface area (Å²) in [6.07, 6.45) is 2.89. The Bertz CT molecular complexity index is 251. The quantitative estimate of drug-likeness (QED) is 0.391. The minimum atomic E-state index is -0.317. The van der Waals surface area contributed by atoms with Crippen molar-refractivity contribution in [2.45, 2.75) is 25.8 Å². The van der Waals surface area contributed by atoms with Gasteiger partial charge in [0.25, 0.3) is 0 Å². The van der Waals surface area contributed by atoms with E-state index < -0.39 is 0 Å². The summed E-state index contributed by atoms with van der Waals surface area (Å²) in [4.78, 5) is 24.2. The summed E-state index contributed by atoms with van der Waals surface area (Å²) < 4.78 is 0. The van der Waals surface area contributed by atoms with Crippen LogP contribution in [0.1, 0.15) is 19.8 Å². The third-order valence-electron chi connectivity index (χ3n) is 2.30. The molecule has 1 N–H and O–H groups in total. The van der Waals surface area contributed by atoms with E-state index >= 15 is 0 Å². The largest absolute Gasteiger partial charge is 0.305 e. The highest BCUT2D eigenvalue weighted by Gasteiger charge is 2.36. The zero-order chi connectivity index (χ0) is 10.6. The molecule has 14 heavy (non-hydrogen) atoms. The second-order valence-electron chi connectivity index (χ2n) is 3.26. The minimum Gasteiger partial charge on any atom is -0.305 e. The van der Waals surface area contributed by atoms with Gasteiger partial charge in [-0.2, -0.15) is 0 Å². The van der Waals surface area contributed by atoms with Crippen molar-refractivity contribution in [2.75, 3.05) is 13.1 Å². The maximum atomic E-state index is 11.6. The fraction of sp³-hybridized carbons (Fsp3) is 0.600. The molecule has 0 aromatic rings. The molecule has 0 aromatic carbocycles. The van der Waals surface area contributed by atoms with Crippen molar-refractivity contribution in [3.05, 3.63) is 12.7 Å². The first-order chi connectivity index (χ1) is 6.70. The van der Waals surface area contributed by atoms with Gasteiger partial charge in [0.05, 0.1) is 12.5 Å². The van der Waals surface area contributed by atoms with Gasteiger partial charge in [0.2, 0.25) is 11.8 Å². The summed E-state index contributed by atoms with van der Waals surface area (Å²) in [5, 5.41) is 3.04. The van der Waals surface area contributed by atoms with E-state index in [1.165, 1.54) is 4.90 Å². The van der Waals surface area contributed by atoms with Gasteiger partial charge in [-0.15, -0.1) is 6.58 Å². The second kappa shape index (κ2) is 4.91. The van der Waals surface area contributed by atoms with Crippen LogP contribution in [0, 0.1) is 0 Å². The number of carbonyl (C=O) groups is 2. The van der Waals surface area contributed by atoms with Gasteiger partial charge in [-0.1, -0.05) is 6.08 Å². The van der Waals surface area contributed by atoms with E-state index in [0.29, 0.717) is 19.5 Å². The zero-order valence-corrected chi connectivity index (χ0v) is 8.45. The lowest BCUT2D eigenvalue weighted by atomic mass is 10.2. The molecule has 0 saturated carbocycles. The van der Waals surface area contributed by atoms with Gasteiger partial charge in [0, 0.05) is 6.54 Å². The molecule has 0 spiro atoms. The topological polar surface area (TPSA) is 49.4 Å². The molecular weight excluding hydrogens is 180 g/mol.